The van der Waals surface area contributed by atoms with E-state index in [1.165, 1.54) is 6.07 Å². The van der Waals surface area contributed by atoms with Crippen molar-refractivity contribution < 1.29 is 4.79 Å². The Hall–Kier alpha value is -2.81. The summed E-state index contributed by atoms with van der Waals surface area (Å²) in [5.74, 6) is 0.0839. The van der Waals surface area contributed by atoms with Gasteiger partial charge in [-0.1, -0.05) is 35.3 Å². The van der Waals surface area contributed by atoms with Crippen LogP contribution in [0.3, 0.4) is 0 Å². The van der Waals surface area contributed by atoms with Gasteiger partial charge in [-0.15, -0.1) is 0 Å². The minimum atomic E-state index is -0.331. The van der Waals surface area contributed by atoms with Crippen LogP contribution < -0.4 is 5.32 Å². The molecule has 26 heavy (non-hydrogen) atoms. The van der Waals surface area contributed by atoms with Gasteiger partial charge in [-0.2, -0.15) is 10.4 Å². The van der Waals surface area contributed by atoms with E-state index in [4.69, 9.17) is 28.5 Å². The van der Waals surface area contributed by atoms with Crippen molar-refractivity contribution in [2.45, 2.75) is 13.5 Å². The van der Waals surface area contributed by atoms with Crippen molar-refractivity contribution in [3.8, 4) is 6.07 Å². The van der Waals surface area contributed by atoms with Crippen molar-refractivity contribution in [2.75, 3.05) is 5.32 Å². The number of hydrogen-bond acceptors (Lipinski definition) is 3. The Balaban J connectivity index is 1.80. The molecule has 7 heteroatoms. The molecular formula is C19H14Cl2N4O. The Bertz CT molecular complexity index is 1000. The first-order valence-corrected chi connectivity index (χ1v) is 8.52. The van der Waals surface area contributed by atoms with E-state index in [-0.39, 0.29) is 5.91 Å². The number of aryl methyl sites for hydroxylation is 1. The molecule has 0 saturated heterocycles. The van der Waals surface area contributed by atoms with Gasteiger partial charge in [0.1, 0.15) is 0 Å². The van der Waals surface area contributed by atoms with Gasteiger partial charge in [0.15, 0.2) is 5.82 Å². The van der Waals surface area contributed by atoms with Crippen LogP contribution in [0.2, 0.25) is 10.0 Å². The number of hydrogen-bond donors (Lipinski definition) is 1. The first-order chi connectivity index (χ1) is 12.5. The van der Waals surface area contributed by atoms with Gasteiger partial charge in [0.2, 0.25) is 0 Å². The SMILES string of the molecule is Cc1cc(NC(=O)c2cccc(C#N)c2)nn1Cc1c(Cl)cccc1Cl. The smallest absolute Gasteiger partial charge is 0.256 e. The van der Waals surface area contributed by atoms with Gasteiger partial charge in [-0.05, 0) is 37.3 Å². The van der Waals surface area contributed by atoms with Gasteiger partial charge < -0.3 is 5.32 Å². The van der Waals surface area contributed by atoms with Gasteiger partial charge >= 0.3 is 0 Å². The van der Waals surface area contributed by atoms with Crippen LogP contribution in [0.1, 0.15) is 27.2 Å². The number of carbonyl (C=O) groups is 1. The molecule has 0 aliphatic heterocycles. The van der Waals surface area contributed by atoms with Crippen LogP contribution in [0.25, 0.3) is 0 Å². The van der Waals surface area contributed by atoms with Gasteiger partial charge in [0.25, 0.3) is 5.91 Å². The van der Waals surface area contributed by atoms with E-state index < -0.39 is 0 Å². The summed E-state index contributed by atoms with van der Waals surface area (Å²) >= 11 is 12.4. The Morgan fingerprint density at radius 3 is 2.58 bits per heavy atom. The van der Waals surface area contributed by atoms with E-state index in [1.807, 2.05) is 13.0 Å². The molecule has 3 aromatic rings. The summed E-state index contributed by atoms with van der Waals surface area (Å²) < 4.78 is 1.72. The average Bonchev–Trinajstić information content (AvgIpc) is 2.97. The maximum atomic E-state index is 12.4. The average molecular weight is 385 g/mol. The first kappa shape index (κ1) is 18.0. The van der Waals surface area contributed by atoms with Crippen molar-refractivity contribution in [1.29, 1.82) is 5.26 Å². The molecule has 130 valence electrons. The Labute approximate surface area is 160 Å². The first-order valence-electron chi connectivity index (χ1n) is 7.77. The van der Waals surface area contributed by atoms with E-state index >= 15 is 0 Å². The maximum Gasteiger partial charge on any atom is 0.256 e. The minimum Gasteiger partial charge on any atom is -0.305 e. The van der Waals surface area contributed by atoms with E-state index in [0.717, 1.165) is 11.3 Å². The van der Waals surface area contributed by atoms with E-state index in [0.29, 0.717) is 33.5 Å². The molecule has 0 aliphatic rings. The molecule has 0 radical (unpaired) electrons. The van der Waals surface area contributed by atoms with Gasteiger partial charge in [0, 0.05) is 32.9 Å². The van der Waals surface area contributed by atoms with E-state index in [1.54, 1.807) is 47.1 Å². The standard InChI is InChI=1S/C19H14Cl2N4O/c1-12-8-18(23-19(26)14-5-2-4-13(9-14)10-22)24-25(12)11-15-16(20)6-3-7-17(15)21/h2-9H,11H2,1H3,(H,23,24,26). The zero-order valence-electron chi connectivity index (χ0n) is 13.8. The molecule has 0 atom stereocenters. The zero-order valence-corrected chi connectivity index (χ0v) is 15.3. The number of benzene rings is 2. The number of rotatable bonds is 4. The minimum absolute atomic E-state index is 0.331. The van der Waals surface area contributed by atoms with Crippen molar-refractivity contribution in [3.05, 3.63) is 81.0 Å². The number of anilines is 1. The van der Waals surface area contributed by atoms with E-state index in [2.05, 4.69) is 10.4 Å². The second-order valence-electron chi connectivity index (χ2n) is 5.68. The number of nitriles is 1. The van der Waals surface area contributed by atoms with Gasteiger partial charge in [0.05, 0.1) is 18.2 Å². The predicted octanol–water partition coefficient (Wildman–Crippen LogP) is 4.67. The molecule has 0 bridgehead atoms. The zero-order chi connectivity index (χ0) is 18.7. The maximum absolute atomic E-state index is 12.4. The highest BCUT2D eigenvalue weighted by atomic mass is 35.5. The number of halogens is 2. The molecule has 2 aromatic carbocycles. The normalized spacial score (nSPS) is 10.4. The number of aromatic nitrogens is 2. The van der Waals surface area contributed by atoms with Crippen LogP contribution in [-0.4, -0.2) is 15.7 Å². The van der Waals surface area contributed by atoms with Crippen molar-refractivity contribution in [3.63, 3.8) is 0 Å². The van der Waals surface area contributed by atoms with Crippen LogP contribution in [0.15, 0.2) is 48.5 Å². The molecule has 0 spiro atoms. The number of nitrogens with zero attached hydrogens (tertiary/aromatic N) is 3. The summed E-state index contributed by atoms with van der Waals surface area (Å²) in [6.45, 7) is 2.27. The van der Waals surface area contributed by atoms with E-state index in [9.17, 15) is 4.79 Å². The molecule has 0 unspecified atom stereocenters. The van der Waals surface area contributed by atoms with Crippen LogP contribution in [-0.2, 0) is 6.54 Å². The summed E-state index contributed by atoms with van der Waals surface area (Å²) in [5.41, 5.74) is 2.43. The lowest BCUT2D eigenvalue weighted by atomic mass is 10.1. The van der Waals surface area contributed by atoms with Crippen molar-refractivity contribution in [2.24, 2.45) is 0 Å². The Morgan fingerprint density at radius 2 is 1.88 bits per heavy atom. The number of nitrogens with one attached hydrogen (secondary N) is 1. The molecule has 1 amide bonds. The quantitative estimate of drug-likeness (QED) is 0.710. The molecule has 1 aromatic heterocycles. The lowest BCUT2D eigenvalue weighted by Crippen LogP contribution is -2.13. The summed E-state index contributed by atoms with van der Waals surface area (Å²) in [4.78, 5) is 12.4. The predicted molar refractivity (Wildman–Crippen MR) is 102 cm³/mol. The third-order valence-electron chi connectivity index (χ3n) is 3.85. The highest BCUT2D eigenvalue weighted by Crippen LogP contribution is 2.25. The highest BCUT2D eigenvalue weighted by molar-refractivity contribution is 6.35. The van der Waals surface area contributed by atoms with Crippen LogP contribution in [0, 0.1) is 18.3 Å². The molecule has 1 N–H and O–H groups in total. The Kier molecular flexibility index (Phi) is 5.27. The van der Waals surface area contributed by atoms with Crippen molar-refractivity contribution >= 4 is 34.9 Å². The third-order valence-corrected chi connectivity index (χ3v) is 4.55. The fourth-order valence-corrected chi connectivity index (χ4v) is 3.00. The molecular weight excluding hydrogens is 371 g/mol. The summed E-state index contributed by atoms with van der Waals surface area (Å²) in [6.07, 6.45) is 0. The molecule has 3 rings (SSSR count). The molecule has 5 nitrogen and oxygen atoms in total. The molecule has 1 heterocycles. The molecule has 0 saturated carbocycles. The lowest BCUT2D eigenvalue weighted by Gasteiger charge is -2.08. The van der Waals surface area contributed by atoms with Crippen LogP contribution in [0.4, 0.5) is 5.82 Å². The van der Waals surface area contributed by atoms with Crippen LogP contribution >= 0.6 is 23.2 Å². The fraction of sp³-hybridized carbons (Fsp3) is 0.105. The summed E-state index contributed by atoms with van der Waals surface area (Å²) in [6, 6.07) is 15.6. The van der Waals surface area contributed by atoms with Crippen LogP contribution in [0.5, 0.6) is 0 Å². The third kappa shape index (κ3) is 3.88. The highest BCUT2D eigenvalue weighted by Gasteiger charge is 2.13. The Morgan fingerprint density at radius 1 is 1.19 bits per heavy atom. The second-order valence-corrected chi connectivity index (χ2v) is 6.49. The largest absolute Gasteiger partial charge is 0.305 e. The fourth-order valence-electron chi connectivity index (χ4n) is 2.48. The molecule has 0 fully saturated rings. The monoisotopic (exact) mass is 384 g/mol. The number of carbonyl (C=O) groups excluding carboxylic acids is 1. The lowest BCUT2D eigenvalue weighted by molar-refractivity contribution is 0.102. The molecule has 0 aliphatic carbocycles. The van der Waals surface area contributed by atoms with Gasteiger partial charge in [-0.3, -0.25) is 9.48 Å². The number of amides is 1. The second kappa shape index (κ2) is 7.61. The summed E-state index contributed by atoms with van der Waals surface area (Å²) in [5, 5.41) is 17.2. The topological polar surface area (TPSA) is 70.7 Å². The van der Waals surface area contributed by atoms with Crippen molar-refractivity contribution in [1.82, 2.24) is 9.78 Å². The van der Waals surface area contributed by atoms with Gasteiger partial charge in [-0.25, -0.2) is 0 Å². The summed E-state index contributed by atoms with van der Waals surface area (Å²) in [7, 11) is 0.